The number of rotatable bonds is 22. The average molecular weight is 721 g/mol. The van der Waals surface area contributed by atoms with Crippen LogP contribution in [-0.2, 0) is 36.8 Å². The van der Waals surface area contributed by atoms with Crippen LogP contribution in [0, 0.1) is 11.8 Å². The van der Waals surface area contributed by atoms with Gasteiger partial charge in [0.25, 0.3) is 0 Å². The minimum Gasteiger partial charge on any atom is -0.481 e. The number of piperidine rings is 1. The largest absolute Gasteiger partial charge is 0.481 e. The van der Waals surface area contributed by atoms with Crippen molar-refractivity contribution < 1.29 is 29.1 Å². The van der Waals surface area contributed by atoms with Crippen LogP contribution in [0.5, 0.6) is 0 Å². The molecule has 1 fully saturated rings. The lowest BCUT2D eigenvalue weighted by molar-refractivity contribution is -0.139. The van der Waals surface area contributed by atoms with Crippen molar-refractivity contribution >= 4 is 29.6 Å². The molecule has 0 unspecified atom stereocenters. The molecule has 1 aliphatic heterocycles. The fourth-order valence-electron chi connectivity index (χ4n) is 6.67. The first-order valence-electron chi connectivity index (χ1n) is 18.9. The van der Waals surface area contributed by atoms with Gasteiger partial charge in [-0.15, -0.1) is 0 Å². The van der Waals surface area contributed by atoms with Crippen LogP contribution in [0.25, 0.3) is 0 Å². The van der Waals surface area contributed by atoms with Crippen LogP contribution in [0.3, 0.4) is 0 Å². The van der Waals surface area contributed by atoms with Crippen molar-refractivity contribution in [2.75, 3.05) is 19.6 Å². The van der Waals surface area contributed by atoms with Crippen molar-refractivity contribution in [2.24, 2.45) is 23.3 Å². The molecule has 0 aromatic heterocycles. The van der Waals surface area contributed by atoms with Gasteiger partial charge in [0.1, 0.15) is 18.1 Å². The van der Waals surface area contributed by atoms with E-state index in [2.05, 4.69) is 16.0 Å². The molecule has 0 saturated carbocycles. The molecule has 0 aliphatic carbocycles. The molecule has 12 nitrogen and oxygen atoms in total. The molecule has 3 rings (SSSR count). The van der Waals surface area contributed by atoms with E-state index in [0.717, 1.165) is 30.4 Å². The lowest BCUT2D eigenvalue weighted by Gasteiger charge is -2.35. The number of nitrogens with zero attached hydrogens (tertiary/aromatic N) is 1. The smallest absolute Gasteiger partial charge is 0.303 e. The zero-order valence-corrected chi connectivity index (χ0v) is 30.9. The van der Waals surface area contributed by atoms with Gasteiger partial charge in [-0.3, -0.25) is 24.0 Å². The Morgan fingerprint density at radius 3 is 1.94 bits per heavy atom. The number of carboxylic acid groups (broad SMARTS) is 1. The minimum absolute atomic E-state index is 0.0410. The summed E-state index contributed by atoms with van der Waals surface area (Å²) < 4.78 is 0. The summed E-state index contributed by atoms with van der Waals surface area (Å²) in [5.41, 5.74) is 13.9. The zero-order valence-electron chi connectivity index (χ0n) is 30.9. The first-order valence-corrected chi connectivity index (χ1v) is 18.9. The maximum absolute atomic E-state index is 13.9. The maximum atomic E-state index is 13.9. The highest BCUT2D eigenvalue weighted by atomic mass is 16.4. The van der Waals surface area contributed by atoms with E-state index in [1.807, 2.05) is 74.5 Å². The molecule has 52 heavy (non-hydrogen) atoms. The first-order chi connectivity index (χ1) is 25.0. The van der Waals surface area contributed by atoms with E-state index in [1.165, 1.54) is 0 Å². The number of aliphatic carboxylic acids is 1. The second-order valence-electron chi connectivity index (χ2n) is 14.5. The van der Waals surface area contributed by atoms with Crippen LogP contribution in [0.4, 0.5) is 0 Å². The van der Waals surface area contributed by atoms with Gasteiger partial charge in [0.05, 0.1) is 6.04 Å². The highest BCUT2D eigenvalue weighted by molar-refractivity contribution is 5.94. The normalized spacial score (nSPS) is 15.7. The standard InChI is InChI=1S/C40H60N6O6/c1-28(2)26-35(39(51)44-34(17-9-10-23-41)40(52)46-24-21-30(22-25-46)16-11-18-36(47)48)45-38(50)33(20-19-29-12-5-3-6-13-29)43-37(49)32(42)27-31-14-7-4-8-15-31/h3-8,12-15,28,30,32-35H,9-11,16-27,41-42H2,1-2H3,(H,43,49)(H,44,51)(H,45,50)(H,47,48)/t32-,33-,34-,35-/m1/s1. The fraction of sp³-hybridized carbons (Fsp3) is 0.575. The minimum atomic E-state index is -0.948. The predicted octanol–water partition coefficient (Wildman–Crippen LogP) is 3.31. The molecule has 286 valence electrons. The maximum Gasteiger partial charge on any atom is 0.303 e. The third kappa shape index (κ3) is 15.1. The van der Waals surface area contributed by atoms with Crippen LogP contribution in [0.1, 0.15) is 89.2 Å². The molecule has 2 aromatic carbocycles. The summed E-state index contributed by atoms with van der Waals surface area (Å²) in [4.78, 5) is 67.7. The average Bonchev–Trinajstić information content (AvgIpc) is 3.13. The number of aryl methyl sites for hydroxylation is 1. The van der Waals surface area contributed by atoms with Crippen molar-refractivity contribution in [2.45, 2.75) is 115 Å². The van der Waals surface area contributed by atoms with Gasteiger partial charge >= 0.3 is 5.97 Å². The summed E-state index contributed by atoms with van der Waals surface area (Å²) in [5.74, 6) is -1.96. The van der Waals surface area contributed by atoms with Crippen molar-refractivity contribution in [1.29, 1.82) is 0 Å². The van der Waals surface area contributed by atoms with E-state index >= 15 is 0 Å². The summed E-state index contributed by atoms with van der Waals surface area (Å²) in [5, 5.41) is 17.7. The van der Waals surface area contributed by atoms with Gasteiger partial charge in [-0.1, -0.05) is 74.5 Å². The molecular formula is C40H60N6O6. The first kappa shape index (κ1) is 42.1. The summed E-state index contributed by atoms with van der Waals surface area (Å²) in [6.07, 6.45) is 6.35. The monoisotopic (exact) mass is 720 g/mol. The van der Waals surface area contributed by atoms with Crippen molar-refractivity contribution in [1.82, 2.24) is 20.9 Å². The lowest BCUT2D eigenvalue weighted by Crippen LogP contribution is -2.58. The topological polar surface area (TPSA) is 197 Å². The number of unbranched alkanes of at least 4 members (excludes halogenated alkanes) is 1. The van der Waals surface area contributed by atoms with Gasteiger partial charge in [0, 0.05) is 19.5 Å². The number of nitrogens with one attached hydrogen (secondary N) is 3. The Bertz CT molecular complexity index is 1400. The molecule has 12 heteroatoms. The molecule has 2 aromatic rings. The second kappa shape index (κ2) is 22.6. The number of benzene rings is 2. The molecule has 0 radical (unpaired) electrons. The SMILES string of the molecule is CC(C)C[C@@H](NC(=O)[C@@H](CCc1ccccc1)NC(=O)[C@H](N)Cc1ccccc1)C(=O)N[C@H](CCCCN)C(=O)N1CCC(CCCC(=O)O)CC1. The summed E-state index contributed by atoms with van der Waals surface area (Å²) in [7, 11) is 0. The Labute approximate surface area is 308 Å². The van der Waals surface area contributed by atoms with E-state index in [0.29, 0.717) is 76.9 Å². The number of likely N-dealkylation sites (tertiary alicyclic amines) is 1. The molecule has 4 atom stereocenters. The molecule has 4 amide bonds. The van der Waals surface area contributed by atoms with Gasteiger partial charge in [-0.25, -0.2) is 0 Å². The third-order valence-corrected chi connectivity index (χ3v) is 9.66. The second-order valence-corrected chi connectivity index (χ2v) is 14.5. The molecule has 0 bridgehead atoms. The van der Waals surface area contributed by atoms with Crippen LogP contribution in [0.2, 0.25) is 0 Å². The Balaban J connectivity index is 1.71. The van der Waals surface area contributed by atoms with Gasteiger partial charge < -0.3 is 37.4 Å². The van der Waals surface area contributed by atoms with Gasteiger partial charge in [0.15, 0.2) is 0 Å². The van der Waals surface area contributed by atoms with E-state index in [9.17, 15) is 24.0 Å². The van der Waals surface area contributed by atoms with Gasteiger partial charge in [-0.2, -0.15) is 0 Å². The van der Waals surface area contributed by atoms with Crippen molar-refractivity contribution in [3.8, 4) is 0 Å². The Kier molecular flexibility index (Phi) is 18.3. The number of carbonyl (C=O) groups is 5. The van der Waals surface area contributed by atoms with Crippen molar-refractivity contribution in [3.05, 3.63) is 71.8 Å². The number of hydrogen-bond donors (Lipinski definition) is 6. The Hall–Kier alpha value is -4.29. The highest BCUT2D eigenvalue weighted by Crippen LogP contribution is 2.24. The fourth-order valence-corrected chi connectivity index (χ4v) is 6.67. The molecule has 1 saturated heterocycles. The molecule has 1 aliphatic rings. The van der Waals surface area contributed by atoms with E-state index < -0.39 is 47.9 Å². The van der Waals surface area contributed by atoms with Crippen LogP contribution in [-0.4, -0.2) is 83.4 Å². The molecule has 1 heterocycles. The summed E-state index contributed by atoms with van der Waals surface area (Å²) in [6.45, 7) is 5.46. The quantitative estimate of drug-likeness (QED) is 0.0997. The highest BCUT2D eigenvalue weighted by Gasteiger charge is 2.33. The van der Waals surface area contributed by atoms with Crippen LogP contribution < -0.4 is 27.4 Å². The van der Waals surface area contributed by atoms with Crippen LogP contribution >= 0.6 is 0 Å². The number of amides is 4. The van der Waals surface area contributed by atoms with Crippen LogP contribution in [0.15, 0.2) is 60.7 Å². The number of carboxylic acids is 1. The summed E-state index contributed by atoms with van der Waals surface area (Å²) in [6, 6.07) is 15.5. The number of hydrogen-bond acceptors (Lipinski definition) is 7. The van der Waals surface area contributed by atoms with E-state index in [4.69, 9.17) is 16.6 Å². The number of carbonyl (C=O) groups excluding carboxylic acids is 4. The number of nitrogens with two attached hydrogens (primary N) is 2. The summed E-state index contributed by atoms with van der Waals surface area (Å²) >= 11 is 0. The van der Waals surface area contributed by atoms with Gasteiger partial charge in [-0.05, 0) is 100 Å². The Morgan fingerprint density at radius 1 is 0.769 bits per heavy atom. The van der Waals surface area contributed by atoms with Crippen molar-refractivity contribution in [3.63, 3.8) is 0 Å². The predicted molar refractivity (Wildman–Crippen MR) is 202 cm³/mol. The van der Waals surface area contributed by atoms with E-state index in [-0.39, 0.29) is 18.2 Å². The Morgan fingerprint density at radius 2 is 1.35 bits per heavy atom. The van der Waals surface area contributed by atoms with Gasteiger partial charge in [0.2, 0.25) is 23.6 Å². The molecule has 0 spiro atoms. The lowest BCUT2D eigenvalue weighted by atomic mass is 9.91. The third-order valence-electron chi connectivity index (χ3n) is 9.66. The molecular weight excluding hydrogens is 660 g/mol. The van der Waals surface area contributed by atoms with E-state index in [1.54, 1.807) is 4.90 Å². The molecule has 8 N–H and O–H groups in total. The zero-order chi connectivity index (χ0) is 37.9.